The first-order valence-corrected chi connectivity index (χ1v) is 19.3. The second-order valence-electron chi connectivity index (χ2n) is 15.0. The van der Waals surface area contributed by atoms with Crippen LogP contribution in [0.1, 0.15) is 75.5 Å². The number of carbonyl (C=O) groups is 6. The quantitative estimate of drug-likeness (QED) is 0.249. The van der Waals surface area contributed by atoms with Crippen molar-refractivity contribution in [1.29, 1.82) is 0 Å². The largest absolute Gasteiger partial charge is 0.494 e. The zero-order valence-electron chi connectivity index (χ0n) is 32.1. The highest BCUT2D eigenvalue weighted by atomic mass is 19.4. The predicted octanol–water partition coefficient (Wildman–Crippen LogP) is 3.49. The molecule has 2 aromatic carbocycles. The Bertz CT molecular complexity index is 2390. The molecule has 19 heteroatoms. The number of amides is 6. The van der Waals surface area contributed by atoms with E-state index in [0.717, 1.165) is 35.6 Å². The van der Waals surface area contributed by atoms with Gasteiger partial charge in [-0.3, -0.25) is 48.6 Å². The SMILES string of the molecule is COc1cc2nn(C3CCN(C(C)C(=O)N4CCN(c5ccc6c(c5)C(=O)N(C5CCC(=O)NC5=O)C6=O)CC4)CC3)cc2cc1NC(=O)c1cccc(C(F)(F)F)n1. The van der Waals surface area contributed by atoms with E-state index in [0.29, 0.717) is 50.2 Å². The molecule has 2 unspecified atom stereocenters. The number of fused-ring (bicyclic) bond motifs is 2. The number of halogens is 3. The van der Waals surface area contributed by atoms with E-state index >= 15 is 0 Å². The second-order valence-corrected chi connectivity index (χ2v) is 15.0. The summed E-state index contributed by atoms with van der Waals surface area (Å²) in [5, 5.41) is 10.3. The maximum Gasteiger partial charge on any atom is 0.433 e. The number of carbonyl (C=O) groups excluding carboxylic acids is 6. The number of nitrogens with zero attached hydrogens (tertiary/aromatic N) is 7. The number of pyridine rings is 1. The molecule has 4 aliphatic rings. The van der Waals surface area contributed by atoms with Gasteiger partial charge in [0, 0.05) is 69.0 Å². The minimum Gasteiger partial charge on any atom is -0.494 e. The van der Waals surface area contributed by atoms with Crippen molar-refractivity contribution in [2.24, 2.45) is 0 Å². The molecule has 0 spiro atoms. The molecule has 0 radical (unpaired) electrons. The molecule has 3 saturated heterocycles. The van der Waals surface area contributed by atoms with Crippen molar-refractivity contribution in [3.8, 4) is 5.75 Å². The highest BCUT2D eigenvalue weighted by Gasteiger charge is 2.45. The maximum absolute atomic E-state index is 13.7. The zero-order valence-corrected chi connectivity index (χ0v) is 32.1. The average molecular weight is 816 g/mol. The minimum absolute atomic E-state index is 0.0181. The van der Waals surface area contributed by atoms with Crippen LogP contribution in [0.25, 0.3) is 10.9 Å². The maximum atomic E-state index is 13.7. The molecule has 3 fully saturated rings. The van der Waals surface area contributed by atoms with Crippen molar-refractivity contribution in [3.05, 3.63) is 77.2 Å². The summed E-state index contributed by atoms with van der Waals surface area (Å²) < 4.78 is 46.8. The van der Waals surface area contributed by atoms with Crippen molar-refractivity contribution in [2.45, 2.75) is 56.9 Å². The Morgan fingerprint density at radius 2 is 1.64 bits per heavy atom. The third-order valence-electron chi connectivity index (χ3n) is 11.5. The lowest BCUT2D eigenvalue weighted by Gasteiger charge is -2.40. The summed E-state index contributed by atoms with van der Waals surface area (Å²) in [4.78, 5) is 87.6. The number of likely N-dealkylation sites (tertiary alicyclic amines) is 1. The van der Waals surface area contributed by atoms with Crippen LogP contribution in [-0.2, 0) is 20.6 Å². The number of hydrogen-bond donors (Lipinski definition) is 2. The van der Waals surface area contributed by atoms with Gasteiger partial charge in [0.25, 0.3) is 17.7 Å². The van der Waals surface area contributed by atoms with Crippen LogP contribution < -0.4 is 20.3 Å². The fourth-order valence-corrected chi connectivity index (χ4v) is 8.23. The summed E-state index contributed by atoms with van der Waals surface area (Å²) in [5.41, 5.74) is 0.448. The van der Waals surface area contributed by atoms with Gasteiger partial charge in [-0.05, 0) is 62.6 Å². The number of piperazine rings is 1. The van der Waals surface area contributed by atoms with Crippen molar-refractivity contribution >= 4 is 57.7 Å². The normalized spacial score (nSPS) is 19.9. The second kappa shape index (κ2) is 15.4. The van der Waals surface area contributed by atoms with Gasteiger partial charge >= 0.3 is 6.18 Å². The van der Waals surface area contributed by atoms with Gasteiger partial charge in [0.05, 0.1) is 41.5 Å². The Morgan fingerprint density at radius 1 is 0.915 bits per heavy atom. The average Bonchev–Trinajstić information content (AvgIpc) is 3.76. The Balaban J connectivity index is 0.851. The smallest absolute Gasteiger partial charge is 0.433 e. The fourth-order valence-electron chi connectivity index (χ4n) is 8.23. The van der Waals surface area contributed by atoms with Gasteiger partial charge in [0.1, 0.15) is 23.2 Å². The van der Waals surface area contributed by atoms with Crippen LogP contribution >= 0.6 is 0 Å². The van der Waals surface area contributed by atoms with Crippen molar-refractivity contribution in [3.63, 3.8) is 0 Å². The van der Waals surface area contributed by atoms with Crippen LogP contribution in [0.15, 0.2) is 54.7 Å². The Kier molecular flexibility index (Phi) is 10.3. The number of hydrogen-bond acceptors (Lipinski definition) is 11. The number of ether oxygens (including phenoxy) is 1. The molecule has 8 rings (SSSR count). The summed E-state index contributed by atoms with van der Waals surface area (Å²) in [7, 11) is 1.41. The molecular formula is C40H40F3N9O7. The summed E-state index contributed by atoms with van der Waals surface area (Å²) in [6, 6.07) is 10.1. The standard InChI is InChI=1S/C40H40F3N9O7/c1-22(37(56)50-16-14-49(15-17-50)25-6-7-26-27(19-25)39(58)52(38(26)57)31-8-9-34(53)46-36(31)55)48-12-10-24(11-13-48)51-21-23-18-30(32(59-2)20-29(23)47-51)45-35(54)28-4-3-5-33(44-28)40(41,42)43/h3-7,18-22,24,31H,8-17H2,1-2H3,(H,45,54)(H,46,53,55). The van der Waals surface area contributed by atoms with Gasteiger partial charge in [-0.2, -0.15) is 18.3 Å². The lowest BCUT2D eigenvalue weighted by molar-refractivity contribution is -0.141. The van der Waals surface area contributed by atoms with E-state index in [1.165, 1.54) is 13.2 Å². The highest BCUT2D eigenvalue weighted by molar-refractivity contribution is 6.23. The first-order valence-electron chi connectivity index (χ1n) is 19.3. The molecule has 16 nitrogen and oxygen atoms in total. The molecule has 59 heavy (non-hydrogen) atoms. The molecule has 0 saturated carbocycles. The highest BCUT2D eigenvalue weighted by Crippen LogP contribution is 2.34. The number of piperidine rings is 2. The van der Waals surface area contributed by atoms with Gasteiger partial charge in [0.2, 0.25) is 17.7 Å². The molecule has 0 bridgehead atoms. The van der Waals surface area contributed by atoms with Gasteiger partial charge in [-0.15, -0.1) is 0 Å². The number of imide groups is 2. The molecule has 0 aliphatic carbocycles. The van der Waals surface area contributed by atoms with E-state index in [1.54, 1.807) is 30.3 Å². The number of methoxy groups -OCH3 is 1. The number of benzene rings is 2. The van der Waals surface area contributed by atoms with Crippen LogP contribution in [0.2, 0.25) is 0 Å². The van der Waals surface area contributed by atoms with Crippen LogP contribution in [0.5, 0.6) is 5.75 Å². The minimum atomic E-state index is -4.70. The van der Waals surface area contributed by atoms with E-state index in [4.69, 9.17) is 9.84 Å². The lowest BCUT2D eigenvalue weighted by atomic mass is 10.0. The van der Waals surface area contributed by atoms with Gasteiger partial charge < -0.3 is 19.9 Å². The van der Waals surface area contributed by atoms with Gasteiger partial charge in [-0.25, -0.2) is 4.98 Å². The molecular weight excluding hydrogens is 775 g/mol. The molecule has 2 aromatic heterocycles. The first-order chi connectivity index (χ1) is 28.2. The topological polar surface area (TPSA) is 179 Å². The molecule has 4 aromatic rings. The van der Waals surface area contributed by atoms with Gasteiger partial charge in [0.15, 0.2) is 0 Å². The van der Waals surface area contributed by atoms with Crippen LogP contribution in [0.3, 0.4) is 0 Å². The van der Waals surface area contributed by atoms with Crippen molar-refractivity contribution in [1.82, 2.24) is 34.8 Å². The van der Waals surface area contributed by atoms with Crippen molar-refractivity contribution < 1.29 is 46.7 Å². The Morgan fingerprint density at radius 3 is 2.34 bits per heavy atom. The third kappa shape index (κ3) is 7.57. The number of alkyl halides is 3. The Labute approximate surface area is 335 Å². The fraction of sp³-hybridized carbons (Fsp3) is 0.400. The summed E-state index contributed by atoms with van der Waals surface area (Å²) in [5.74, 6) is -2.75. The predicted molar refractivity (Wildman–Crippen MR) is 205 cm³/mol. The monoisotopic (exact) mass is 815 g/mol. The van der Waals surface area contributed by atoms with E-state index in [-0.39, 0.29) is 53.4 Å². The van der Waals surface area contributed by atoms with Crippen LogP contribution in [0.4, 0.5) is 24.5 Å². The summed E-state index contributed by atoms with van der Waals surface area (Å²) >= 11 is 0. The Hall–Kier alpha value is -6.37. The lowest BCUT2D eigenvalue weighted by Crippen LogP contribution is -2.55. The molecule has 2 N–H and O–H groups in total. The third-order valence-corrected chi connectivity index (χ3v) is 11.5. The van der Waals surface area contributed by atoms with E-state index in [9.17, 15) is 41.9 Å². The molecule has 308 valence electrons. The van der Waals surface area contributed by atoms with Crippen molar-refractivity contribution in [2.75, 3.05) is 56.6 Å². The summed E-state index contributed by atoms with van der Waals surface area (Å²) in [6.45, 7) is 5.18. The summed E-state index contributed by atoms with van der Waals surface area (Å²) in [6.07, 6.45) is -1.27. The number of anilines is 2. The van der Waals surface area contributed by atoms with E-state index < -0.39 is 53.1 Å². The zero-order chi connectivity index (χ0) is 41.7. The molecule has 4 aliphatic heterocycles. The van der Waals surface area contributed by atoms with E-state index in [2.05, 4.69) is 25.4 Å². The number of nitrogens with one attached hydrogen (secondary N) is 2. The molecule has 6 heterocycles. The van der Waals surface area contributed by atoms with Crippen LogP contribution in [0, 0.1) is 0 Å². The van der Waals surface area contributed by atoms with Crippen LogP contribution in [-0.4, -0.2) is 123 Å². The van der Waals surface area contributed by atoms with E-state index in [1.807, 2.05) is 22.7 Å². The van der Waals surface area contributed by atoms with Gasteiger partial charge in [-0.1, -0.05) is 6.07 Å². The number of rotatable bonds is 8. The first kappa shape index (κ1) is 39.5. The number of aromatic nitrogens is 3. The molecule has 2 atom stereocenters. The molecule has 6 amide bonds.